The van der Waals surface area contributed by atoms with Crippen molar-refractivity contribution in [3.8, 4) is 0 Å². The molecule has 0 bridgehead atoms. The van der Waals surface area contributed by atoms with Crippen molar-refractivity contribution >= 4 is 34.2 Å². The lowest BCUT2D eigenvalue weighted by atomic mass is 10.1. The van der Waals surface area contributed by atoms with Crippen LogP contribution in [0.2, 0.25) is 0 Å². The van der Waals surface area contributed by atoms with Crippen LogP contribution < -0.4 is 10.6 Å². The average Bonchev–Trinajstić information content (AvgIpc) is 2.39. The maximum atomic E-state index is 12.1. The number of piperidine rings is 1. The predicted octanol–water partition coefficient (Wildman–Crippen LogP) is 1.68. The van der Waals surface area contributed by atoms with E-state index in [1.54, 1.807) is 0 Å². The molecule has 0 aromatic heterocycles. The molecule has 1 amide bonds. The Balaban J connectivity index is 2.08. The fourth-order valence-electron chi connectivity index (χ4n) is 2.03. The third kappa shape index (κ3) is 3.63. The van der Waals surface area contributed by atoms with E-state index in [-0.39, 0.29) is 17.6 Å². The summed E-state index contributed by atoms with van der Waals surface area (Å²) in [6, 6.07) is 4.47. The van der Waals surface area contributed by atoms with Crippen LogP contribution in [0.1, 0.15) is 23.2 Å². The van der Waals surface area contributed by atoms with Crippen molar-refractivity contribution in [3.63, 3.8) is 0 Å². The Kier molecular flexibility index (Phi) is 4.70. The zero-order valence-electron chi connectivity index (χ0n) is 10.2. The molecule has 0 radical (unpaired) electrons. The van der Waals surface area contributed by atoms with Crippen LogP contribution in [-0.4, -0.2) is 30.0 Å². The SMILES string of the molecule is O=C(NC1CCNCC1)c1ccc([N+](=O)[O-])cc1I. The highest BCUT2D eigenvalue weighted by atomic mass is 127. The summed E-state index contributed by atoms with van der Waals surface area (Å²) in [4.78, 5) is 22.3. The Bertz CT molecular complexity index is 501. The van der Waals surface area contributed by atoms with Gasteiger partial charge in [0, 0.05) is 21.7 Å². The summed E-state index contributed by atoms with van der Waals surface area (Å²) in [7, 11) is 0. The van der Waals surface area contributed by atoms with E-state index in [1.165, 1.54) is 18.2 Å². The van der Waals surface area contributed by atoms with Gasteiger partial charge in [0.2, 0.25) is 0 Å². The fourth-order valence-corrected chi connectivity index (χ4v) is 2.77. The molecule has 19 heavy (non-hydrogen) atoms. The summed E-state index contributed by atoms with van der Waals surface area (Å²) in [5.41, 5.74) is 0.493. The third-order valence-electron chi connectivity index (χ3n) is 3.08. The van der Waals surface area contributed by atoms with Crippen LogP contribution in [0.4, 0.5) is 5.69 Å². The monoisotopic (exact) mass is 375 g/mol. The molecule has 0 unspecified atom stereocenters. The number of carbonyl (C=O) groups excluding carboxylic acids is 1. The first-order valence-corrected chi connectivity index (χ1v) is 7.11. The molecular weight excluding hydrogens is 361 g/mol. The minimum Gasteiger partial charge on any atom is -0.349 e. The van der Waals surface area contributed by atoms with Crippen molar-refractivity contribution < 1.29 is 9.72 Å². The van der Waals surface area contributed by atoms with Gasteiger partial charge in [0.25, 0.3) is 11.6 Å². The molecule has 7 heteroatoms. The lowest BCUT2D eigenvalue weighted by Gasteiger charge is -2.23. The lowest BCUT2D eigenvalue weighted by Crippen LogP contribution is -2.42. The summed E-state index contributed by atoms with van der Waals surface area (Å²) in [6.45, 7) is 1.81. The molecule has 0 aliphatic carbocycles. The van der Waals surface area contributed by atoms with Crippen molar-refractivity contribution in [2.75, 3.05) is 13.1 Å². The third-order valence-corrected chi connectivity index (χ3v) is 3.97. The lowest BCUT2D eigenvalue weighted by molar-refractivity contribution is -0.384. The van der Waals surface area contributed by atoms with Gasteiger partial charge in [-0.05, 0) is 54.6 Å². The van der Waals surface area contributed by atoms with E-state index in [0.29, 0.717) is 9.13 Å². The number of rotatable bonds is 3. The summed E-state index contributed by atoms with van der Waals surface area (Å²) in [5.74, 6) is -0.161. The first kappa shape index (κ1) is 14.2. The minimum absolute atomic E-state index is 0.00261. The van der Waals surface area contributed by atoms with Gasteiger partial charge >= 0.3 is 0 Å². The molecule has 6 nitrogen and oxygen atoms in total. The molecule has 2 rings (SSSR count). The van der Waals surface area contributed by atoms with Gasteiger partial charge in [-0.15, -0.1) is 0 Å². The van der Waals surface area contributed by atoms with Crippen molar-refractivity contribution in [2.45, 2.75) is 18.9 Å². The Morgan fingerprint density at radius 2 is 2.11 bits per heavy atom. The van der Waals surface area contributed by atoms with Crippen LogP contribution in [0.25, 0.3) is 0 Å². The standard InChI is InChI=1S/C12H14IN3O3/c13-11-7-9(16(18)19)1-2-10(11)12(17)15-8-3-5-14-6-4-8/h1-2,7-8,14H,3-6H2,(H,15,17). The van der Waals surface area contributed by atoms with Crippen LogP contribution in [0.3, 0.4) is 0 Å². The molecule has 102 valence electrons. The van der Waals surface area contributed by atoms with Gasteiger partial charge < -0.3 is 10.6 Å². The molecule has 1 aliphatic rings. The fraction of sp³-hybridized carbons (Fsp3) is 0.417. The van der Waals surface area contributed by atoms with Gasteiger partial charge in [-0.2, -0.15) is 0 Å². The first-order valence-electron chi connectivity index (χ1n) is 6.03. The number of carbonyl (C=O) groups is 1. The molecule has 0 saturated carbocycles. The largest absolute Gasteiger partial charge is 0.349 e. The maximum absolute atomic E-state index is 12.1. The average molecular weight is 375 g/mol. The summed E-state index contributed by atoms with van der Waals surface area (Å²) in [6.07, 6.45) is 1.82. The molecular formula is C12H14IN3O3. The number of amides is 1. The van der Waals surface area contributed by atoms with Crippen molar-refractivity contribution in [1.29, 1.82) is 0 Å². The highest BCUT2D eigenvalue weighted by Gasteiger charge is 2.19. The van der Waals surface area contributed by atoms with Crippen molar-refractivity contribution in [3.05, 3.63) is 37.4 Å². The Hall–Kier alpha value is -1.22. The minimum atomic E-state index is -0.462. The number of halogens is 1. The molecule has 0 spiro atoms. The molecule has 1 aromatic carbocycles. The molecule has 2 N–H and O–H groups in total. The van der Waals surface area contributed by atoms with Crippen molar-refractivity contribution in [1.82, 2.24) is 10.6 Å². The molecule has 1 saturated heterocycles. The molecule has 1 aliphatic heterocycles. The second kappa shape index (κ2) is 6.29. The Morgan fingerprint density at radius 3 is 2.68 bits per heavy atom. The quantitative estimate of drug-likeness (QED) is 0.478. The number of nitro benzene ring substituents is 1. The van der Waals surface area contributed by atoms with Gasteiger partial charge in [-0.25, -0.2) is 0 Å². The second-order valence-corrected chi connectivity index (χ2v) is 5.58. The molecule has 1 heterocycles. The zero-order chi connectivity index (χ0) is 13.8. The summed E-state index contributed by atoms with van der Waals surface area (Å²) >= 11 is 1.95. The predicted molar refractivity (Wildman–Crippen MR) is 79.2 cm³/mol. The van der Waals surface area contributed by atoms with Crippen LogP contribution in [0.5, 0.6) is 0 Å². The number of nitrogens with zero attached hydrogens (tertiary/aromatic N) is 1. The Morgan fingerprint density at radius 1 is 1.42 bits per heavy atom. The van der Waals surface area contributed by atoms with Crippen LogP contribution in [0, 0.1) is 13.7 Å². The van der Waals surface area contributed by atoms with E-state index >= 15 is 0 Å². The van der Waals surface area contributed by atoms with Crippen LogP contribution in [0.15, 0.2) is 18.2 Å². The number of non-ortho nitro benzene ring substituents is 1. The number of nitro groups is 1. The highest BCUT2D eigenvalue weighted by molar-refractivity contribution is 14.1. The van der Waals surface area contributed by atoms with Gasteiger partial charge in [0.15, 0.2) is 0 Å². The number of hydrogen-bond acceptors (Lipinski definition) is 4. The molecule has 1 fully saturated rings. The molecule has 1 aromatic rings. The van der Waals surface area contributed by atoms with E-state index in [9.17, 15) is 14.9 Å². The first-order chi connectivity index (χ1) is 9.08. The van der Waals surface area contributed by atoms with Crippen molar-refractivity contribution in [2.24, 2.45) is 0 Å². The normalized spacial score (nSPS) is 16.1. The van der Waals surface area contributed by atoms with E-state index in [0.717, 1.165) is 25.9 Å². The second-order valence-electron chi connectivity index (χ2n) is 4.42. The number of benzene rings is 1. The van der Waals surface area contributed by atoms with E-state index < -0.39 is 4.92 Å². The summed E-state index contributed by atoms with van der Waals surface area (Å²) in [5, 5.41) is 16.8. The van der Waals surface area contributed by atoms with Crippen LogP contribution in [-0.2, 0) is 0 Å². The zero-order valence-corrected chi connectivity index (χ0v) is 12.3. The van der Waals surface area contributed by atoms with Crippen LogP contribution >= 0.6 is 22.6 Å². The topological polar surface area (TPSA) is 84.3 Å². The maximum Gasteiger partial charge on any atom is 0.270 e. The van der Waals surface area contributed by atoms with E-state index in [4.69, 9.17) is 0 Å². The van der Waals surface area contributed by atoms with Gasteiger partial charge in [-0.3, -0.25) is 14.9 Å². The Labute approximate surface area is 124 Å². The van der Waals surface area contributed by atoms with Gasteiger partial charge in [0.05, 0.1) is 10.5 Å². The summed E-state index contributed by atoms with van der Waals surface area (Å²) < 4.78 is 0.596. The number of nitrogens with one attached hydrogen (secondary N) is 2. The number of hydrogen-bond donors (Lipinski definition) is 2. The smallest absolute Gasteiger partial charge is 0.270 e. The van der Waals surface area contributed by atoms with E-state index in [2.05, 4.69) is 10.6 Å². The molecule has 0 atom stereocenters. The van der Waals surface area contributed by atoms with Gasteiger partial charge in [-0.1, -0.05) is 0 Å². The highest BCUT2D eigenvalue weighted by Crippen LogP contribution is 2.20. The van der Waals surface area contributed by atoms with E-state index in [1.807, 2.05) is 22.6 Å². The van der Waals surface area contributed by atoms with Gasteiger partial charge in [0.1, 0.15) is 0 Å².